The van der Waals surface area contributed by atoms with Crippen molar-refractivity contribution < 1.29 is 13.2 Å². The fraction of sp³-hybridized carbons (Fsp3) is 0.500. The lowest BCUT2D eigenvalue weighted by Crippen LogP contribution is -2.48. The van der Waals surface area contributed by atoms with Crippen LogP contribution in [0.2, 0.25) is 0 Å². The van der Waals surface area contributed by atoms with Gasteiger partial charge in [0.2, 0.25) is 10.0 Å². The molecule has 0 atom stereocenters. The van der Waals surface area contributed by atoms with Crippen LogP contribution >= 0.6 is 11.3 Å². The molecule has 30 heavy (non-hydrogen) atoms. The van der Waals surface area contributed by atoms with E-state index in [2.05, 4.69) is 21.7 Å². The monoisotopic (exact) mass is 447 g/mol. The minimum absolute atomic E-state index is 0.0851. The molecule has 6 nitrogen and oxygen atoms in total. The predicted molar refractivity (Wildman–Crippen MR) is 119 cm³/mol. The van der Waals surface area contributed by atoms with Crippen molar-refractivity contribution in [2.45, 2.75) is 37.1 Å². The molecule has 0 saturated carbocycles. The number of benzene rings is 1. The first-order valence-electron chi connectivity index (χ1n) is 10.7. The summed E-state index contributed by atoms with van der Waals surface area (Å²) in [6.07, 6.45) is 3.94. The molecule has 2 aliphatic heterocycles. The number of hydrogen-bond donors (Lipinski definition) is 0. The van der Waals surface area contributed by atoms with Crippen LogP contribution in [0.4, 0.5) is 0 Å². The summed E-state index contributed by atoms with van der Waals surface area (Å²) in [6.45, 7) is 5.01. The van der Waals surface area contributed by atoms with Gasteiger partial charge in [-0.15, -0.1) is 0 Å². The third kappa shape index (κ3) is 4.94. The molecule has 1 aromatic carbocycles. The van der Waals surface area contributed by atoms with Gasteiger partial charge in [-0.2, -0.15) is 15.6 Å². The van der Waals surface area contributed by atoms with E-state index in [1.165, 1.54) is 5.56 Å². The molecule has 4 rings (SSSR count). The van der Waals surface area contributed by atoms with Crippen molar-refractivity contribution in [1.82, 2.24) is 14.1 Å². The number of amides is 1. The molecule has 0 spiro atoms. The molecular formula is C22H29N3O3S2. The van der Waals surface area contributed by atoms with E-state index in [-0.39, 0.29) is 10.8 Å². The lowest BCUT2D eigenvalue weighted by Gasteiger charge is -2.34. The second-order valence-electron chi connectivity index (χ2n) is 8.05. The molecule has 2 saturated heterocycles. The standard InChI is InChI=1S/C22H29N3O3S2/c26-22(24-13-11-23(12-14-24)17-19-8-15-29-18-19)20-6-5-7-21(16-20)30(27,28)25-9-3-1-2-4-10-25/h5-8,15-16,18H,1-4,9-14,17H2. The number of thiophene rings is 1. The highest BCUT2D eigenvalue weighted by Crippen LogP contribution is 2.22. The summed E-state index contributed by atoms with van der Waals surface area (Å²) in [4.78, 5) is 17.5. The zero-order valence-corrected chi connectivity index (χ0v) is 18.8. The van der Waals surface area contributed by atoms with Gasteiger partial charge in [0.25, 0.3) is 5.91 Å². The Kier molecular flexibility index (Phi) is 6.87. The van der Waals surface area contributed by atoms with Crippen molar-refractivity contribution >= 4 is 27.3 Å². The Morgan fingerprint density at radius 3 is 2.33 bits per heavy atom. The summed E-state index contributed by atoms with van der Waals surface area (Å²) in [5.74, 6) is -0.0851. The molecule has 0 unspecified atom stereocenters. The van der Waals surface area contributed by atoms with E-state index in [9.17, 15) is 13.2 Å². The summed E-state index contributed by atoms with van der Waals surface area (Å²) in [5.41, 5.74) is 1.77. The molecule has 0 aliphatic carbocycles. The number of rotatable bonds is 5. The van der Waals surface area contributed by atoms with E-state index in [0.717, 1.165) is 45.3 Å². The van der Waals surface area contributed by atoms with E-state index in [1.54, 1.807) is 39.9 Å². The molecule has 2 aliphatic rings. The molecule has 0 radical (unpaired) electrons. The Bertz CT molecular complexity index is 944. The smallest absolute Gasteiger partial charge is 0.253 e. The van der Waals surface area contributed by atoms with Crippen molar-refractivity contribution in [3.05, 3.63) is 52.2 Å². The molecular weight excluding hydrogens is 418 g/mol. The molecule has 2 aromatic rings. The van der Waals surface area contributed by atoms with Gasteiger partial charge in [0.1, 0.15) is 0 Å². The van der Waals surface area contributed by atoms with E-state index in [4.69, 9.17) is 0 Å². The van der Waals surface area contributed by atoms with Crippen molar-refractivity contribution in [2.75, 3.05) is 39.3 Å². The van der Waals surface area contributed by atoms with Crippen LogP contribution in [-0.4, -0.2) is 67.7 Å². The second-order valence-corrected chi connectivity index (χ2v) is 10.8. The maximum atomic E-state index is 13.1. The van der Waals surface area contributed by atoms with Gasteiger partial charge in [-0.1, -0.05) is 18.9 Å². The van der Waals surface area contributed by atoms with Crippen LogP contribution in [0.3, 0.4) is 0 Å². The fourth-order valence-electron chi connectivity index (χ4n) is 4.15. The van der Waals surface area contributed by atoms with Crippen LogP contribution in [0.25, 0.3) is 0 Å². The summed E-state index contributed by atoms with van der Waals surface area (Å²) < 4.78 is 27.7. The molecule has 0 N–H and O–H groups in total. The predicted octanol–water partition coefficient (Wildman–Crippen LogP) is 3.27. The maximum Gasteiger partial charge on any atom is 0.253 e. The SMILES string of the molecule is O=C(c1cccc(S(=O)(=O)N2CCCCCC2)c1)N1CCN(Cc2ccsc2)CC1. The van der Waals surface area contributed by atoms with Crippen molar-refractivity contribution in [3.63, 3.8) is 0 Å². The molecule has 162 valence electrons. The summed E-state index contributed by atoms with van der Waals surface area (Å²) in [6, 6.07) is 8.71. The third-order valence-electron chi connectivity index (χ3n) is 5.93. The molecule has 1 aromatic heterocycles. The Balaban J connectivity index is 1.41. The van der Waals surface area contributed by atoms with Gasteiger partial charge in [-0.05, 0) is 53.4 Å². The van der Waals surface area contributed by atoms with Crippen LogP contribution in [-0.2, 0) is 16.6 Å². The van der Waals surface area contributed by atoms with E-state index < -0.39 is 10.0 Å². The number of piperazine rings is 1. The number of nitrogens with zero attached hydrogens (tertiary/aromatic N) is 3. The van der Waals surface area contributed by atoms with E-state index in [1.807, 2.05) is 4.90 Å². The Morgan fingerprint density at radius 2 is 1.67 bits per heavy atom. The lowest BCUT2D eigenvalue weighted by molar-refractivity contribution is 0.0628. The number of hydrogen-bond acceptors (Lipinski definition) is 5. The minimum atomic E-state index is -3.55. The van der Waals surface area contributed by atoms with Crippen molar-refractivity contribution in [3.8, 4) is 0 Å². The van der Waals surface area contributed by atoms with Gasteiger partial charge in [-0.25, -0.2) is 8.42 Å². The van der Waals surface area contributed by atoms with Gasteiger partial charge in [-0.3, -0.25) is 9.69 Å². The highest BCUT2D eigenvalue weighted by molar-refractivity contribution is 7.89. The van der Waals surface area contributed by atoms with Crippen LogP contribution in [0, 0.1) is 0 Å². The maximum absolute atomic E-state index is 13.1. The normalized spacial score (nSPS) is 19.5. The first kappa shape index (κ1) is 21.5. The average Bonchev–Trinajstić information content (AvgIpc) is 3.12. The van der Waals surface area contributed by atoms with Crippen LogP contribution in [0.15, 0.2) is 46.0 Å². The molecule has 3 heterocycles. The summed E-state index contributed by atoms with van der Waals surface area (Å²) in [7, 11) is -3.55. The summed E-state index contributed by atoms with van der Waals surface area (Å²) >= 11 is 1.70. The van der Waals surface area contributed by atoms with Crippen molar-refractivity contribution in [1.29, 1.82) is 0 Å². The molecule has 8 heteroatoms. The van der Waals surface area contributed by atoms with Crippen LogP contribution in [0.1, 0.15) is 41.6 Å². The highest BCUT2D eigenvalue weighted by atomic mass is 32.2. The quantitative estimate of drug-likeness (QED) is 0.706. The average molecular weight is 448 g/mol. The lowest BCUT2D eigenvalue weighted by atomic mass is 10.1. The number of carbonyl (C=O) groups is 1. The van der Waals surface area contributed by atoms with Gasteiger partial charge >= 0.3 is 0 Å². The third-order valence-corrected chi connectivity index (χ3v) is 8.56. The van der Waals surface area contributed by atoms with Crippen LogP contribution in [0.5, 0.6) is 0 Å². The topological polar surface area (TPSA) is 60.9 Å². The molecule has 1 amide bonds. The zero-order valence-electron chi connectivity index (χ0n) is 17.2. The summed E-state index contributed by atoms with van der Waals surface area (Å²) in [5, 5.41) is 4.25. The Morgan fingerprint density at radius 1 is 0.933 bits per heavy atom. The van der Waals surface area contributed by atoms with Gasteiger partial charge < -0.3 is 4.90 Å². The zero-order chi connectivity index (χ0) is 21.0. The first-order valence-corrected chi connectivity index (χ1v) is 13.1. The number of carbonyl (C=O) groups excluding carboxylic acids is 1. The fourth-order valence-corrected chi connectivity index (χ4v) is 6.38. The largest absolute Gasteiger partial charge is 0.336 e. The van der Waals surface area contributed by atoms with E-state index in [0.29, 0.717) is 31.7 Å². The first-order chi connectivity index (χ1) is 14.5. The molecule has 2 fully saturated rings. The van der Waals surface area contributed by atoms with Crippen LogP contribution < -0.4 is 0 Å². The Labute approximate surface area is 183 Å². The van der Waals surface area contributed by atoms with Crippen molar-refractivity contribution in [2.24, 2.45) is 0 Å². The van der Waals surface area contributed by atoms with E-state index >= 15 is 0 Å². The highest BCUT2D eigenvalue weighted by Gasteiger charge is 2.27. The molecule has 0 bridgehead atoms. The minimum Gasteiger partial charge on any atom is -0.336 e. The van der Waals surface area contributed by atoms with Gasteiger partial charge in [0, 0.05) is 51.4 Å². The Hall–Kier alpha value is -1.74. The van der Waals surface area contributed by atoms with Gasteiger partial charge in [0.15, 0.2) is 0 Å². The second kappa shape index (κ2) is 9.60. The van der Waals surface area contributed by atoms with Gasteiger partial charge in [0.05, 0.1) is 4.90 Å². The number of sulfonamides is 1.